The molecule has 0 aliphatic rings. The number of aromatic nitrogens is 2. The lowest BCUT2D eigenvalue weighted by Crippen LogP contribution is -2.24. The van der Waals surface area contributed by atoms with Gasteiger partial charge in [0.05, 0.1) is 12.2 Å². The minimum Gasteiger partial charge on any atom is -0.444 e. The van der Waals surface area contributed by atoms with Gasteiger partial charge >= 0.3 is 0 Å². The zero-order chi connectivity index (χ0) is 15.2. The van der Waals surface area contributed by atoms with Crippen LogP contribution in [0.2, 0.25) is 0 Å². The van der Waals surface area contributed by atoms with Crippen LogP contribution in [-0.2, 0) is 6.54 Å². The molecule has 0 aliphatic carbocycles. The molecule has 2 N–H and O–H groups in total. The number of nitrogens with one attached hydrogen (secondary N) is 2. The van der Waals surface area contributed by atoms with Gasteiger partial charge in [-0.05, 0) is 32.4 Å². The lowest BCUT2D eigenvalue weighted by Gasteiger charge is -2.06. The number of carbonyl (C=O) groups excluding carboxylic acids is 1. The van der Waals surface area contributed by atoms with Crippen LogP contribution in [0.25, 0.3) is 0 Å². The monoisotopic (exact) mass is 288 g/mol. The molecule has 112 valence electrons. The smallest absolute Gasteiger partial charge is 0.270 e. The number of anilines is 1. The van der Waals surface area contributed by atoms with E-state index in [1.807, 2.05) is 19.9 Å². The quantitative estimate of drug-likeness (QED) is 0.853. The van der Waals surface area contributed by atoms with Gasteiger partial charge in [0, 0.05) is 18.4 Å². The topological polar surface area (TPSA) is 80.0 Å². The van der Waals surface area contributed by atoms with Crippen LogP contribution in [0.3, 0.4) is 0 Å². The van der Waals surface area contributed by atoms with Crippen LogP contribution in [0.5, 0.6) is 0 Å². The molecular weight excluding hydrogens is 268 g/mol. The number of rotatable bonds is 6. The molecular formula is C15H20N4O2. The van der Waals surface area contributed by atoms with Crippen molar-refractivity contribution in [2.75, 3.05) is 11.9 Å². The van der Waals surface area contributed by atoms with E-state index in [2.05, 4.69) is 27.5 Å². The molecule has 6 heteroatoms. The van der Waals surface area contributed by atoms with E-state index in [-0.39, 0.29) is 12.5 Å². The lowest BCUT2D eigenvalue weighted by atomic mass is 10.3. The first-order valence-electron chi connectivity index (χ1n) is 7.01. The Hall–Kier alpha value is -2.37. The predicted octanol–water partition coefficient (Wildman–Crippen LogP) is 2.44. The van der Waals surface area contributed by atoms with Gasteiger partial charge in [-0.2, -0.15) is 0 Å². The largest absolute Gasteiger partial charge is 0.444 e. The number of nitrogens with zero attached hydrogens (tertiary/aromatic N) is 2. The SMILES string of the molecule is CCCNc1ccnc(C(=O)NCc2nc(C)c(C)o2)c1. The molecule has 0 unspecified atom stereocenters. The maximum Gasteiger partial charge on any atom is 0.270 e. The first kappa shape index (κ1) is 15.0. The van der Waals surface area contributed by atoms with Gasteiger partial charge in [-0.25, -0.2) is 4.98 Å². The summed E-state index contributed by atoms with van der Waals surface area (Å²) >= 11 is 0. The van der Waals surface area contributed by atoms with Crippen molar-refractivity contribution in [3.63, 3.8) is 0 Å². The Balaban J connectivity index is 1.96. The molecule has 0 saturated carbocycles. The Kier molecular flexibility index (Phi) is 4.92. The van der Waals surface area contributed by atoms with Crippen molar-refractivity contribution >= 4 is 11.6 Å². The van der Waals surface area contributed by atoms with Crippen LogP contribution in [-0.4, -0.2) is 22.4 Å². The van der Waals surface area contributed by atoms with Gasteiger partial charge in [0.1, 0.15) is 11.5 Å². The first-order chi connectivity index (χ1) is 10.1. The molecule has 0 fully saturated rings. The van der Waals surface area contributed by atoms with Crippen molar-refractivity contribution in [2.24, 2.45) is 0 Å². The fraction of sp³-hybridized carbons (Fsp3) is 0.400. The second kappa shape index (κ2) is 6.88. The third kappa shape index (κ3) is 4.05. The number of aryl methyl sites for hydroxylation is 2. The minimum absolute atomic E-state index is 0.247. The molecule has 21 heavy (non-hydrogen) atoms. The molecule has 6 nitrogen and oxygen atoms in total. The molecule has 0 aromatic carbocycles. The molecule has 0 bridgehead atoms. The van der Waals surface area contributed by atoms with Gasteiger partial charge in [-0.3, -0.25) is 9.78 Å². The van der Waals surface area contributed by atoms with Crippen LogP contribution in [0, 0.1) is 13.8 Å². The van der Waals surface area contributed by atoms with Crippen molar-refractivity contribution in [3.8, 4) is 0 Å². The van der Waals surface area contributed by atoms with Gasteiger partial charge in [0.2, 0.25) is 5.89 Å². The highest BCUT2D eigenvalue weighted by Crippen LogP contribution is 2.10. The predicted molar refractivity (Wildman–Crippen MR) is 80.2 cm³/mol. The zero-order valence-electron chi connectivity index (χ0n) is 12.6. The van der Waals surface area contributed by atoms with E-state index >= 15 is 0 Å². The Labute approximate surface area is 124 Å². The minimum atomic E-state index is -0.247. The molecule has 0 saturated heterocycles. The molecule has 2 aromatic rings. The maximum absolute atomic E-state index is 12.1. The van der Waals surface area contributed by atoms with Crippen LogP contribution in [0.4, 0.5) is 5.69 Å². The summed E-state index contributed by atoms with van der Waals surface area (Å²) in [6.07, 6.45) is 2.64. The fourth-order valence-corrected chi connectivity index (χ4v) is 1.80. The summed E-state index contributed by atoms with van der Waals surface area (Å²) < 4.78 is 5.42. The van der Waals surface area contributed by atoms with Crippen LogP contribution in [0.15, 0.2) is 22.7 Å². The number of hydrogen-bond donors (Lipinski definition) is 2. The molecule has 0 aliphatic heterocycles. The van der Waals surface area contributed by atoms with E-state index in [9.17, 15) is 4.79 Å². The van der Waals surface area contributed by atoms with Crippen molar-refractivity contribution < 1.29 is 9.21 Å². The third-order valence-corrected chi connectivity index (χ3v) is 3.04. The third-order valence-electron chi connectivity index (χ3n) is 3.04. The van der Waals surface area contributed by atoms with E-state index in [4.69, 9.17) is 4.42 Å². The van der Waals surface area contributed by atoms with Gasteiger partial charge < -0.3 is 15.1 Å². The van der Waals surface area contributed by atoms with E-state index < -0.39 is 0 Å². The summed E-state index contributed by atoms with van der Waals surface area (Å²) in [5.74, 6) is 1.02. The number of pyridine rings is 1. The summed E-state index contributed by atoms with van der Waals surface area (Å²) in [7, 11) is 0. The molecule has 0 radical (unpaired) electrons. The van der Waals surface area contributed by atoms with Crippen LogP contribution < -0.4 is 10.6 Å². The zero-order valence-corrected chi connectivity index (χ0v) is 12.6. The van der Waals surface area contributed by atoms with Crippen molar-refractivity contribution in [1.82, 2.24) is 15.3 Å². The number of carbonyl (C=O) groups is 1. The van der Waals surface area contributed by atoms with Crippen molar-refractivity contribution in [1.29, 1.82) is 0 Å². The fourth-order valence-electron chi connectivity index (χ4n) is 1.80. The van der Waals surface area contributed by atoms with Crippen molar-refractivity contribution in [2.45, 2.75) is 33.7 Å². The Bertz CT molecular complexity index is 602. The van der Waals surface area contributed by atoms with E-state index in [0.717, 1.165) is 30.1 Å². The maximum atomic E-state index is 12.1. The second-order valence-corrected chi connectivity index (χ2v) is 4.79. The van der Waals surface area contributed by atoms with Crippen LogP contribution >= 0.6 is 0 Å². The highest BCUT2D eigenvalue weighted by molar-refractivity contribution is 5.92. The number of amides is 1. The van der Waals surface area contributed by atoms with Gasteiger partial charge in [-0.15, -0.1) is 0 Å². The Morgan fingerprint density at radius 1 is 1.38 bits per heavy atom. The molecule has 2 aromatic heterocycles. The molecule has 0 spiro atoms. The second-order valence-electron chi connectivity index (χ2n) is 4.79. The summed E-state index contributed by atoms with van der Waals surface area (Å²) in [6, 6.07) is 3.57. The summed E-state index contributed by atoms with van der Waals surface area (Å²) in [4.78, 5) is 20.4. The number of oxazole rings is 1. The van der Waals surface area contributed by atoms with Gasteiger partial charge in [0.15, 0.2) is 0 Å². The van der Waals surface area contributed by atoms with Crippen molar-refractivity contribution in [3.05, 3.63) is 41.4 Å². The first-order valence-corrected chi connectivity index (χ1v) is 7.01. The molecule has 2 heterocycles. The molecule has 1 amide bonds. The van der Waals surface area contributed by atoms with E-state index in [1.165, 1.54) is 0 Å². The molecule has 2 rings (SSSR count). The number of hydrogen-bond acceptors (Lipinski definition) is 5. The highest BCUT2D eigenvalue weighted by Gasteiger charge is 2.10. The standard InChI is InChI=1S/C15H20N4O2/c1-4-6-16-12-5-7-17-13(8-12)15(20)18-9-14-19-10(2)11(3)21-14/h5,7-8H,4,6,9H2,1-3H3,(H,16,17)(H,18,20). The summed E-state index contributed by atoms with van der Waals surface area (Å²) in [6.45, 7) is 6.91. The Morgan fingerprint density at radius 3 is 2.86 bits per heavy atom. The Morgan fingerprint density at radius 2 is 2.19 bits per heavy atom. The summed E-state index contributed by atoms with van der Waals surface area (Å²) in [5.41, 5.74) is 2.10. The van der Waals surface area contributed by atoms with Gasteiger partial charge in [-0.1, -0.05) is 6.92 Å². The summed E-state index contributed by atoms with van der Waals surface area (Å²) in [5, 5.41) is 5.98. The highest BCUT2D eigenvalue weighted by atomic mass is 16.4. The lowest BCUT2D eigenvalue weighted by molar-refractivity contribution is 0.0942. The average Bonchev–Trinajstić information content (AvgIpc) is 2.81. The van der Waals surface area contributed by atoms with Gasteiger partial charge in [0.25, 0.3) is 5.91 Å². The van der Waals surface area contributed by atoms with Crippen LogP contribution in [0.1, 0.15) is 41.2 Å². The average molecular weight is 288 g/mol. The van der Waals surface area contributed by atoms with E-state index in [0.29, 0.717) is 11.6 Å². The normalized spacial score (nSPS) is 10.4. The molecule has 0 atom stereocenters. The van der Waals surface area contributed by atoms with E-state index in [1.54, 1.807) is 12.3 Å².